The van der Waals surface area contributed by atoms with Crippen LogP contribution in [0.2, 0.25) is 5.02 Å². The normalized spacial score (nSPS) is 10.9. The molecule has 29 heavy (non-hydrogen) atoms. The molecule has 0 aliphatic carbocycles. The molecule has 1 aromatic heterocycles. The number of hydrogen-bond donors (Lipinski definition) is 2. The van der Waals surface area contributed by atoms with Gasteiger partial charge in [-0.15, -0.1) is 0 Å². The standard InChI is InChI=1S/C23H20ClN5/c1-15-6-8-16(9-7-15)17-4-3-5-19(12-17)28(2)22-20-11-10-18(24)13-21(20)29(14-25)23(26)27-22/h3-14,25-26H,1-2H3. The summed E-state index contributed by atoms with van der Waals surface area (Å²) in [6.07, 6.45) is 1.08. The Morgan fingerprint density at radius 3 is 2.48 bits per heavy atom. The van der Waals surface area contributed by atoms with Crippen molar-refractivity contribution >= 4 is 40.3 Å². The molecule has 0 atom stereocenters. The summed E-state index contributed by atoms with van der Waals surface area (Å²) < 4.78 is 1.40. The molecule has 0 aliphatic heterocycles. The van der Waals surface area contributed by atoms with Gasteiger partial charge in [-0.2, -0.15) is 4.98 Å². The van der Waals surface area contributed by atoms with Crippen LogP contribution in [0.15, 0.2) is 66.7 Å². The van der Waals surface area contributed by atoms with Crippen molar-refractivity contribution < 1.29 is 0 Å². The summed E-state index contributed by atoms with van der Waals surface area (Å²) in [6, 6.07) is 22.1. The quantitative estimate of drug-likeness (QED) is 0.356. The van der Waals surface area contributed by atoms with Crippen LogP contribution in [0.5, 0.6) is 0 Å². The minimum Gasteiger partial charge on any atom is -0.329 e. The molecule has 4 rings (SSSR count). The predicted octanol–water partition coefficient (Wildman–Crippen LogP) is 5.37. The Kier molecular flexibility index (Phi) is 4.91. The maximum absolute atomic E-state index is 8.25. The average molecular weight is 402 g/mol. The third kappa shape index (κ3) is 3.52. The predicted molar refractivity (Wildman–Crippen MR) is 119 cm³/mol. The van der Waals surface area contributed by atoms with Crippen LogP contribution in [-0.2, 0) is 0 Å². The van der Waals surface area contributed by atoms with E-state index in [0.29, 0.717) is 16.4 Å². The second-order valence-electron chi connectivity index (χ2n) is 6.89. The highest BCUT2D eigenvalue weighted by Crippen LogP contribution is 2.31. The van der Waals surface area contributed by atoms with Gasteiger partial charge in [-0.25, -0.2) is 0 Å². The van der Waals surface area contributed by atoms with E-state index < -0.39 is 0 Å². The summed E-state index contributed by atoms with van der Waals surface area (Å²) in [7, 11) is 1.93. The number of anilines is 2. The third-order valence-corrected chi connectivity index (χ3v) is 5.20. The van der Waals surface area contributed by atoms with Crippen LogP contribution in [0.1, 0.15) is 5.56 Å². The fourth-order valence-electron chi connectivity index (χ4n) is 3.37. The van der Waals surface area contributed by atoms with E-state index in [1.54, 1.807) is 12.1 Å². The smallest absolute Gasteiger partial charge is 0.229 e. The van der Waals surface area contributed by atoms with E-state index in [0.717, 1.165) is 28.5 Å². The van der Waals surface area contributed by atoms with Crippen LogP contribution in [0.25, 0.3) is 22.0 Å². The first-order chi connectivity index (χ1) is 14.0. The van der Waals surface area contributed by atoms with Gasteiger partial charge >= 0.3 is 0 Å². The maximum atomic E-state index is 8.25. The van der Waals surface area contributed by atoms with Crippen molar-refractivity contribution in [3.63, 3.8) is 0 Å². The first-order valence-corrected chi connectivity index (χ1v) is 9.53. The van der Waals surface area contributed by atoms with Crippen LogP contribution in [-0.4, -0.2) is 22.9 Å². The highest BCUT2D eigenvalue weighted by atomic mass is 35.5. The number of fused-ring (bicyclic) bond motifs is 1. The lowest BCUT2D eigenvalue weighted by Crippen LogP contribution is -2.26. The highest BCUT2D eigenvalue weighted by molar-refractivity contribution is 6.31. The van der Waals surface area contributed by atoms with E-state index in [1.165, 1.54) is 10.1 Å². The van der Waals surface area contributed by atoms with Gasteiger partial charge in [0, 0.05) is 23.1 Å². The molecule has 0 amide bonds. The fraction of sp³-hybridized carbons (Fsp3) is 0.0870. The molecule has 0 fully saturated rings. The third-order valence-electron chi connectivity index (χ3n) is 4.97. The summed E-state index contributed by atoms with van der Waals surface area (Å²) in [5, 5.41) is 17.3. The minimum absolute atomic E-state index is 0.0219. The summed E-state index contributed by atoms with van der Waals surface area (Å²) in [5.41, 5.74) is 5.09. The Hall–Kier alpha value is -3.44. The van der Waals surface area contributed by atoms with E-state index in [-0.39, 0.29) is 5.62 Å². The number of rotatable bonds is 4. The van der Waals surface area contributed by atoms with Crippen molar-refractivity contribution in [2.75, 3.05) is 11.9 Å². The zero-order chi connectivity index (χ0) is 20.5. The van der Waals surface area contributed by atoms with Gasteiger partial charge in [0.2, 0.25) is 5.62 Å². The lowest BCUT2D eigenvalue weighted by Gasteiger charge is -2.22. The van der Waals surface area contributed by atoms with E-state index in [2.05, 4.69) is 48.3 Å². The van der Waals surface area contributed by atoms with Crippen molar-refractivity contribution in [1.82, 2.24) is 9.55 Å². The lowest BCUT2D eigenvalue weighted by atomic mass is 10.0. The fourth-order valence-corrected chi connectivity index (χ4v) is 3.54. The molecular weight excluding hydrogens is 382 g/mol. The summed E-state index contributed by atoms with van der Waals surface area (Å²) >= 11 is 6.16. The van der Waals surface area contributed by atoms with Gasteiger partial charge in [0.15, 0.2) is 0 Å². The SMILES string of the molecule is Cc1ccc(-c2cccc(N(C)c3nc(=N)n(C=N)c4cc(Cl)ccc34)c2)cc1. The second kappa shape index (κ2) is 7.53. The molecule has 0 unspecified atom stereocenters. The molecule has 3 aromatic carbocycles. The van der Waals surface area contributed by atoms with E-state index in [9.17, 15) is 0 Å². The van der Waals surface area contributed by atoms with Gasteiger partial charge in [-0.1, -0.05) is 53.6 Å². The Bertz CT molecular complexity index is 1270. The van der Waals surface area contributed by atoms with Crippen LogP contribution in [0, 0.1) is 17.7 Å². The number of halogens is 1. The van der Waals surface area contributed by atoms with Gasteiger partial charge in [0.05, 0.1) is 11.9 Å². The molecule has 1 heterocycles. The molecule has 0 saturated carbocycles. The van der Waals surface area contributed by atoms with E-state index >= 15 is 0 Å². The number of benzene rings is 3. The summed E-state index contributed by atoms with van der Waals surface area (Å²) in [5.74, 6) is 0.640. The van der Waals surface area contributed by atoms with Gasteiger partial charge in [0.1, 0.15) is 5.82 Å². The maximum Gasteiger partial charge on any atom is 0.229 e. The van der Waals surface area contributed by atoms with Crippen LogP contribution in [0.4, 0.5) is 11.5 Å². The number of aryl methyl sites for hydroxylation is 1. The largest absolute Gasteiger partial charge is 0.329 e. The molecule has 4 aromatic rings. The monoisotopic (exact) mass is 401 g/mol. The topological polar surface area (TPSA) is 68.8 Å². The molecule has 0 saturated heterocycles. The Balaban J connectivity index is 1.85. The summed E-state index contributed by atoms with van der Waals surface area (Å²) in [4.78, 5) is 6.41. The van der Waals surface area contributed by atoms with Crippen molar-refractivity contribution in [3.05, 3.63) is 82.9 Å². The first-order valence-electron chi connectivity index (χ1n) is 9.16. The minimum atomic E-state index is -0.0219. The Morgan fingerprint density at radius 1 is 1.00 bits per heavy atom. The van der Waals surface area contributed by atoms with Crippen LogP contribution < -0.4 is 10.5 Å². The summed E-state index contributed by atoms with van der Waals surface area (Å²) in [6.45, 7) is 2.07. The Labute approximate surface area is 173 Å². The second-order valence-corrected chi connectivity index (χ2v) is 7.33. The number of hydrogen-bond acceptors (Lipinski definition) is 4. The molecule has 0 radical (unpaired) electrons. The van der Waals surface area contributed by atoms with Gasteiger partial charge in [0.25, 0.3) is 0 Å². The van der Waals surface area contributed by atoms with Crippen LogP contribution in [0.3, 0.4) is 0 Å². The average Bonchev–Trinajstić information content (AvgIpc) is 2.73. The lowest BCUT2D eigenvalue weighted by molar-refractivity contribution is 0.915. The molecule has 2 N–H and O–H groups in total. The molecule has 144 valence electrons. The van der Waals surface area contributed by atoms with Crippen LogP contribution >= 0.6 is 11.6 Å². The zero-order valence-corrected chi connectivity index (χ0v) is 16.9. The first kappa shape index (κ1) is 18.9. The molecule has 0 aliphatic rings. The molecule has 0 bridgehead atoms. The highest BCUT2D eigenvalue weighted by Gasteiger charge is 2.14. The molecule has 5 nitrogen and oxygen atoms in total. The zero-order valence-electron chi connectivity index (χ0n) is 16.1. The van der Waals surface area contributed by atoms with Crippen molar-refractivity contribution in [2.24, 2.45) is 0 Å². The van der Waals surface area contributed by atoms with Crippen molar-refractivity contribution in [2.45, 2.75) is 6.92 Å². The van der Waals surface area contributed by atoms with E-state index in [4.69, 9.17) is 22.4 Å². The van der Waals surface area contributed by atoms with Gasteiger partial charge in [-0.05, 0) is 48.4 Å². The Morgan fingerprint density at radius 2 is 1.76 bits per heavy atom. The number of aromatic nitrogens is 2. The molecule has 6 heteroatoms. The van der Waals surface area contributed by atoms with Crippen molar-refractivity contribution in [1.29, 1.82) is 10.8 Å². The van der Waals surface area contributed by atoms with Gasteiger partial charge in [-0.3, -0.25) is 15.4 Å². The van der Waals surface area contributed by atoms with Gasteiger partial charge < -0.3 is 4.90 Å². The van der Waals surface area contributed by atoms with E-state index in [1.807, 2.05) is 30.1 Å². The number of nitrogens with zero attached hydrogens (tertiary/aromatic N) is 3. The van der Waals surface area contributed by atoms with Crippen molar-refractivity contribution in [3.8, 4) is 11.1 Å². The molecule has 0 spiro atoms. The molecular formula is C23H20ClN5. The number of nitrogens with one attached hydrogen (secondary N) is 2.